The van der Waals surface area contributed by atoms with Gasteiger partial charge in [0.25, 0.3) is 5.91 Å². The number of halogens is 1. The Morgan fingerprint density at radius 3 is 2.41 bits per heavy atom. The van der Waals surface area contributed by atoms with E-state index in [0.717, 1.165) is 0 Å². The number of morpholine rings is 1. The van der Waals surface area contributed by atoms with Gasteiger partial charge in [-0.3, -0.25) is 14.4 Å². The third-order valence-corrected chi connectivity index (χ3v) is 5.18. The van der Waals surface area contributed by atoms with Crippen molar-refractivity contribution in [2.24, 2.45) is 0 Å². The van der Waals surface area contributed by atoms with E-state index in [9.17, 15) is 19.2 Å². The van der Waals surface area contributed by atoms with Crippen molar-refractivity contribution in [1.82, 2.24) is 4.90 Å². The zero-order chi connectivity index (χ0) is 23.1. The number of likely N-dealkylation sites (N-methyl/N-ethyl adjacent to an activating group) is 1. The number of hydrogen-bond acceptors (Lipinski definition) is 6. The molecule has 0 saturated carbocycles. The van der Waals surface area contributed by atoms with Crippen molar-refractivity contribution in [3.8, 4) is 0 Å². The van der Waals surface area contributed by atoms with Crippen molar-refractivity contribution in [2.75, 3.05) is 31.6 Å². The highest BCUT2D eigenvalue weighted by atomic mass is 35.5. The lowest BCUT2D eigenvalue weighted by Gasteiger charge is -2.31. The van der Waals surface area contributed by atoms with Crippen molar-refractivity contribution in [3.63, 3.8) is 0 Å². The van der Waals surface area contributed by atoms with E-state index in [1.54, 1.807) is 29.2 Å². The third-order valence-electron chi connectivity index (χ3n) is 4.92. The predicted molar refractivity (Wildman–Crippen MR) is 118 cm³/mol. The van der Waals surface area contributed by atoms with E-state index in [4.69, 9.17) is 21.1 Å². The van der Waals surface area contributed by atoms with Crippen LogP contribution in [-0.2, 0) is 19.1 Å². The van der Waals surface area contributed by atoms with Gasteiger partial charge >= 0.3 is 5.97 Å². The molecule has 1 N–H and O–H groups in total. The molecular weight excluding hydrogens is 436 g/mol. The monoisotopic (exact) mass is 458 g/mol. The van der Waals surface area contributed by atoms with Crippen LogP contribution in [0.5, 0.6) is 0 Å². The number of amides is 2. The number of nitrogens with zero attached hydrogens (tertiary/aromatic N) is 1. The van der Waals surface area contributed by atoms with E-state index in [0.29, 0.717) is 36.0 Å². The number of anilines is 1. The molecule has 1 unspecified atom stereocenters. The Hall–Kier alpha value is -3.23. The molecule has 1 heterocycles. The Kier molecular flexibility index (Phi) is 7.97. The first-order valence-corrected chi connectivity index (χ1v) is 10.5. The molecule has 1 saturated heterocycles. The summed E-state index contributed by atoms with van der Waals surface area (Å²) in [4.78, 5) is 50.4. The molecule has 1 aliphatic rings. The average molecular weight is 459 g/mol. The lowest BCUT2D eigenvalue weighted by atomic mass is 10.1. The second kappa shape index (κ2) is 10.9. The van der Waals surface area contributed by atoms with Crippen LogP contribution < -0.4 is 5.32 Å². The summed E-state index contributed by atoms with van der Waals surface area (Å²) in [5, 5.41) is 3.18. The van der Waals surface area contributed by atoms with Gasteiger partial charge in [0, 0.05) is 29.4 Å². The van der Waals surface area contributed by atoms with Gasteiger partial charge in [-0.05, 0) is 55.5 Å². The molecule has 0 aromatic heterocycles. The summed E-state index contributed by atoms with van der Waals surface area (Å²) in [6.45, 7) is 2.97. The number of Topliss-reactive ketones (excluding diaryl/α,β-unsaturated/α-hetero) is 1. The highest BCUT2D eigenvalue weighted by Gasteiger charge is 2.30. The minimum Gasteiger partial charge on any atom is -0.454 e. The van der Waals surface area contributed by atoms with Crippen molar-refractivity contribution < 1.29 is 28.7 Å². The molecule has 32 heavy (non-hydrogen) atoms. The summed E-state index contributed by atoms with van der Waals surface area (Å²) in [5.41, 5.74) is 1.08. The lowest BCUT2D eigenvalue weighted by molar-refractivity contribution is -0.154. The van der Waals surface area contributed by atoms with Gasteiger partial charge in [0.2, 0.25) is 5.91 Å². The van der Waals surface area contributed by atoms with Gasteiger partial charge in [-0.25, -0.2) is 4.79 Å². The van der Waals surface area contributed by atoms with Crippen LogP contribution in [-0.4, -0.2) is 60.9 Å². The molecule has 0 radical (unpaired) electrons. The lowest BCUT2D eigenvalue weighted by Crippen LogP contribution is -2.48. The van der Waals surface area contributed by atoms with Gasteiger partial charge in [0.15, 0.2) is 12.4 Å². The van der Waals surface area contributed by atoms with Gasteiger partial charge in [0.05, 0.1) is 18.6 Å². The SMILES string of the molecule is CCN1CCOC(CC(=O)Nc2ccc(C(=O)OCC(=O)c3ccc(Cl)cc3)cc2)C1=O. The van der Waals surface area contributed by atoms with Crippen LogP contribution in [0, 0.1) is 0 Å². The summed E-state index contributed by atoms with van der Waals surface area (Å²) in [7, 11) is 0. The van der Waals surface area contributed by atoms with Gasteiger partial charge in [-0.2, -0.15) is 0 Å². The average Bonchev–Trinajstić information content (AvgIpc) is 2.79. The number of ether oxygens (including phenoxy) is 2. The number of nitrogens with one attached hydrogen (secondary N) is 1. The molecule has 168 valence electrons. The Morgan fingerprint density at radius 2 is 1.75 bits per heavy atom. The van der Waals surface area contributed by atoms with Crippen LogP contribution >= 0.6 is 11.6 Å². The van der Waals surface area contributed by atoms with Crippen molar-refractivity contribution in [1.29, 1.82) is 0 Å². The smallest absolute Gasteiger partial charge is 0.338 e. The summed E-state index contributed by atoms with van der Waals surface area (Å²) >= 11 is 5.79. The second-order valence-corrected chi connectivity index (χ2v) is 7.55. The van der Waals surface area contributed by atoms with E-state index in [1.807, 2.05) is 6.92 Å². The van der Waals surface area contributed by atoms with E-state index in [-0.39, 0.29) is 29.6 Å². The predicted octanol–water partition coefficient (Wildman–Crippen LogP) is 2.96. The van der Waals surface area contributed by atoms with Crippen LogP contribution in [0.15, 0.2) is 48.5 Å². The molecule has 2 aromatic carbocycles. The fraction of sp³-hybridized carbons (Fsp3) is 0.304. The number of carbonyl (C=O) groups excluding carboxylic acids is 4. The van der Waals surface area contributed by atoms with Crippen molar-refractivity contribution in [3.05, 3.63) is 64.7 Å². The standard InChI is InChI=1S/C23H23ClN2O6/c1-2-26-11-12-31-20(22(26)29)13-21(28)25-18-9-5-16(6-10-18)23(30)32-14-19(27)15-3-7-17(24)8-4-15/h3-10,20H,2,11-14H2,1H3,(H,25,28). The van der Waals surface area contributed by atoms with E-state index in [1.165, 1.54) is 24.3 Å². The molecule has 0 aliphatic carbocycles. The Balaban J connectivity index is 1.49. The number of esters is 1. The number of ketones is 1. The van der Waals surface area contributed by atoms with Crippen molar-refractivity contribution >= 4 is 40.9 Å². The molecule has 1 fully saturated rings. The molecule has 0 spiro atoms. The minimum absolute atomic E-state index is 0.0913. The highest BCUT2D eigenvalue weighted by molar-refractivity contribution is 6.30. The molecular formula is C23H23ClN2O6. The number of hydrogen-bond donors (Lipinski definition) is 1. The van der Waals surface area contributed by atoms with Crippen LogP contribution in [0.3, 0.4) is 0 Å². The van der Waals surface area contributed by atoms with E-state index >= 15 is 0 Å². The highest BCUT2D eigenvalue weighted by Crippen LogP contribution is 2.15. The quantitative estimate of drug-likeness (QED) is 0.482. The first kappa shape index (κ1) is 23.4. The Morgan fingerprint density at radius 1 is 1.09 bits per heavy atom. The van der Waals surface area contributed by atoms with Crippen LogP contribution in [0.2, 0.25) is 5.02 Å². The van der Waals surface area contributed by atoms with Gasteiger partial charge in [-0.15, -0.1) is 0 Å². The number of rotatable bonds is 8. The Bertz CT molecular complexity index is 991. The third kappa shape index (κ3) is 6.15. The zero-order valence-electron chi connectivity index (χ0n) is 17.5. The zero-order valence-corrected chi connectivity index (χ0v) is 18.3. The van der Waals surface area contributed by atoms with Gasteiger partial charge < -0.3 is 19.7 Å². The minimum atomic E-state index is -0.795. The summed E-state index contributed by atoms with van der Waals surface area (Å²) in [6, 6.07) is 12.3. The number of carbonyl (C=O) groups is 4. The maximum Gasteiger partial charge on any atom is 0.338 e. The second-order valence-electron chi connectivity index (χ2n) is 7.11. The first-order chi connectivity index (χ1) is 15.4. The molecule has 2 amide bonds. The van der Waals surface area contributed by atoms with Crippen LogP contribution in [0.25, 0.3) is 0 Å². The summed E-state index contributed by atoms with van der Waals surface area (Å²) in [6.07, 6.45) is -0.887. The first-order valence-electron chi connectivity index (χ1n) is 10.1. The maximum absolute atomic E-state index is 12.3. The largest absolute Gasteiger partial charge is 0.454 e. The number of benzene rings is 2. The molecule has 3 rings (SSSR count). The maximum atomic E-state index is 12.3. The molecule has 8 nitrogen and oxygen atoms in total. The topological polar surface area (TPSA) is 102 Å². The fourth-order valence-electron chi connectivity index (χ4n) is 3.15. The Labute approximate surface area is 190 Å². The van der Waals surface area contributed by atoms with Gasteiger partial charge in [0.1, 0.15) is 6.10 Å². The fourth-order valence-corrected chi connectivity index (χ4v) is 3.28. The molecule has 0 bridgehead atoms. The molecule has 9 heteroatoms. The molecule has 1 atom stereocenters. The van der Waals surface area contributed by atoms with Crippen molar-refractivity contribution in [2.45, 2.75) is 19.4 Å². The summed E-state index contributed by atoms with van der Waals surface area (Å²) in [5.74, 6) is -1.57. The normalized spacial score (nSPS) is 15.9. The van der Waals surface area contributed by atoms with E-state index < -0.39 is 18.7 Å². The van der Waals surface area contributed by atoms with Gasteiger partial charge in [-0.1, -0.05) is 11.6 Å². The van der Waals surface area contributed by atoms with Crippen LogP contribution in [0.4, 0.5) is 5.69 Å². The molecule has 1 aliphatic heterocycles. The van der Waals surface area contributed by atoms with Crippen LogP contribution in [0.1, 0.15) is 34.1 Å². The summed E-state index contributed by atoms with van der Waals surface area (Å²) < 4.78 is 10.5. The van der Waals surface area contributed by atoms with E-state index in [2.05, 4.69) is 5.32 Å². The molecule has 2 aromatic rings.